The van der Waals surface area contributed by atoms with Crippen molar-refractivity contribution >= 4 is 39.0 Å². The van der Waals surface area contributed by atoms with E-state index in [9.17, 15) is 0 Å². The second kappa shape index (κ2) is 8.47. The largest absolute Gasteiger partial charge is 0.344 e. The SMILES string of the molecule is Cc1ccc(C2=CC3=C(CC2)c2ccc4c5c(ccc(c25)N3C)N(C)c2cc(-c3ccc(C)cc3)ccc2-4)cc1. The van der Waals surface area contributed by atoms with E-state index in [1.165, 1.54) is 89.2 Å². The predicted octanol–water partition coefficient (Wildman–Crippen LogP) is 9.91. The van der Waals surface area contributed by atoms with Crippen LogP contribution in [0.25, 0.3) is 44.2 Å². The molecule has 0 aromatic heterocycles. The molecule has 5 aromatic carbocycles. The van der Waals surface area contributed by atoms with Gasteiger partial charge in [-0.25, -0.2) is 0 Å². The normalized spacial score (nSPS) is 15.2. The van der Waals surface area contributed by atoms with Crippen LogP contribution in [0.4, 0.5) is 17.1 Å². The molecule has 0 radical (unpaired) electrons. The van der Waals surface area contributed by atoms with Gasteiger partial charge in [0.15, 0.2) is 0 Å². The minimum atomic E-state index is 1.06. The van der Waals surface area contributed by atoms with Crippen molar-refractivity contribution in [3.05, 3.63) is 125 Å². The van der Waals surface area contributed by atoms with Gasteiger partial charge in [0.05, 0.1) is 0 Å². The minimum absolute atomic E-state index is 1.06. The minimum Gasteiger partial charge on any atom is -0.344 e. The molecule has 0 spiro atoms. The van der Waals surface area contributed by atoms with Gasteiger partial charge in [0.2, 0.25) is 0 Å². The number of benzene rings is 5. The summed E-state index contributed by atoms with van der Waals surface area (Å²) in [5.74, 6) is 0. The third kappa shape index (κ3) is 3.29. The highest BCUT2D eigenvalue weighted by molar-refractivity contribution is 6.20. The van der Waals surface area contributed by atoms with E-state index in [1.54, 1.807) is 0 Å². The summed E-state index contributed by atoms with van der Waals surface area (Å²) in [4.78, 5) is 4.82. The average Bonchev–Trinajstić information content (AvgIpc) is 2.99. The molecule has 0 fully saturated rings. The summed E-state index contributed by atoms with van der Waals surface area (Å²) in [6.45, 7) is 4.30. The van der Waals surface area contributed by atoms with Gasteiger partial charge in [-0.15, -0.1) is 0 Å². The summed E-state index contributed by atoms with van der Waals surface area (Å²) >= 11 is 0. The van der Waals surface area contributed by atoms with Crippen LogP contribution in [0.5, 0.6) is 0 Å². The summed E-state index contributed by atoms with van der Waals surface area (Å²) in [6, 6.07) is 34.2. The fourth-order valence-corrected chi connectivity index (χ4v) is 7.00. The van der Waals surface area contributed by atoms with E-state index in [2.05, 4.69) is 135 Å². The maximum Gasteiger partial charge on any atom is 0.0496 e. The maximum atomic E-state index is 2.43. The van der Waals surface area contributed by atoms with Crippen molar-refractivity contribution in [3.8, 4) is 22.3 Å². The molecule has 2 heterocycles. The summed E-state index contributed by atoms with van der Waals surface area (Å²) in [6.07, 6.45) is 4.56. The molecular formula is C38H32N2. The topological polar surface area (TPSA) is 6.48 Å². The Morgan fingerprint density at radius 1 is 0.500 bits per heavy atom. The molecule has 1 aliphatic carbocycles. The van der Waals surface area contributed by atoms with E-state index in [0.29, 0.717) is 0 Å². The molecule has 0 bridgehead atoms. The smallest absolute Gasteiger partial charge is 0.0496 e. The number of hydrogen-bond donors (Lipinski definition) is 0. The molecule has 2 heteroatoms. The lowest BCUT2D eigenvalue weighted by Crippen LogP contribution is -2.24. The van der Waals surface area contributed by atoms with E-state index in [1.807, 2.05) is 0 Å². The number of likely N-dealkylation sites (N-methyl/N-ethyl adjacent to an activating group) is 1. The van der Waals surface area contributed by atoms with Crippen LogP contribution in [0.15, 0.2) is 103 Å². The Kier molecular flexibility index (Phi) is 4.94. The van der Waals surface area contributed by atoms with Crippen molar-refractivity contribution in [3.63, 3.8) is 0 Å². The maximum absolute atomic E-state index is 2.43. The Morgan fingerprint density at radius 3 is 1.80 bits per heavy atom. The first kappa shape index (κ1) is 23.3. The van der Waals surface area contributed by atoms with E-state index in [4.69, 9.17) is 0 Å². The Balaban J connectivity index is 1.30. The molecule has 0 saturated carbocycles. The number of anilines is 3. The van der Waals surface area contributed by atoms with Gasteiger partial charge in [0.25, 0.3) is 0 Å². The van der Waals surface area contributed by atoms with Crippen LogP contribution in [-0.2, 0) is 0 Å². The lowest BCUT2D eigenvalue weighted by atomic mass is 9.80. The van der Waals surface area contributed by atoms with E-state index < -0.39 is 0 Å². The second-order valence-corrected chi connectivity index (χ2v) is 11.6. The molecule has 2 nitrogen and oxygen atoms in total. The standard InChI is InChI=1S/C38H32N2/c1-23-5-9-25(10-6-23)27-13-15-29-31-17-18-32-30-16-14-28(26-11-7-24(2)8-12-26)22-36(30)40(4)34-20-19-33(37(31)38(32)34)39(3)35(29)21-27/h5-13,15,17-22H,14,16H2,1-4H3. The Morgan fingerprint density at radius 2 is 1.07 bits per heavy atom. The average molecular weight is 517 g/mol. The molecule has 2 aliphatic heterocycles. The first-order chi connectivity index (χ1) is 19.5. The molecule has 0 saturated heterocycles. The fourth-order valence-electron chi connectivity index (χ4n) is 7.00. The van der Waals surface area contributed by atoms with Gasteiger partial charge in [-0.3, -0.25) is 0 Å². The number of rotatable bonds is 2. The molecule has 194 valence electrons. The zero-order valence-electron chi connectivity index (χ0n) is 23.5. The lowest BCUT2D eigenvalue weighted by Gasteiger charge is -2.38. The van der Waals surface area contributed by atoms with Crippen molar-refractivity contribution in [1.82, 2.24) is 0 Å². The number of nitrogens with zero attached hydrogens (tertiary/aromatic N) is 2. The third-order valence-corrected chi connectivity index (χ3v) is 9.25. The highest BCUT2D eigenvalue weighted by Crippen LogP contribution is 2.54. The van der Waals surface area contributed by atoms with Gasteiger partial charge >= 0.3 is 0 Å². The van der Waals surface area contributed by atoms with Crippen molar-refractivity contribution < 1.29 is 0 Å². The molecular weight excluding hydrogens is 484 g/mol. The Labute approximate surface area is 236 Å². The van der Waals surface area contributed by atoms with E-state index in [0.717, 1.165) is 12.8 Å². The van der Waals surface area contributed by atoms with Crippen LogP contribution in [0.3, 0.4) is 0 Å². The first-order valence-electron chi connectivity index (χ1n) is 14.3. The molecule has 0 unspecified atom stereocenters. The molecule has 0 amide bonds. The van der Waals surface area contributed by atoms with Crippen molar-refractivity contribution in [2.45, 2.75) is 26.7 Å². The van der Waals surface area contributed by atoms with Crippen LogP contribution >= 0.6 is 0 Å². The number of hydrogen-bond acceptors (Lipinski definition) is 2. The third-order valence-electron chi connectivity index (χ3n) is 9.25. The summed E-state index contributed by atoms with van der Waals surface area (Å²) in [5.41, 5.74) is 18.6. The highest BCUT2D eigenvalue weighted by Gasteiger charge is 2.31. The molecule has 40 heavy (non-hydrogen) atoms. The second-order valence-electron chi connectivity index (χ2n) is 11.6. The fraction of sp³-hybridized carbons (Fsp3) is 0.158. The van der Waals surface area contributed by atoms with Gasteiger partial charge in [-0.05, 0) is 89.9 Å². The van der Waals surface area contributed by atoms with Gasteiger partial charge in [-0.1, -0.05) is 83.9 Å². The van der Waals surface area contributed by atoms with Crippen LogP contribution in [0, 0.1) is 13.8 Å². The lowest BCUT2D eigenvalue weighted by molar-refractivity contribution is 1.01. The predicted molar refractivity (Wildman–Crippen MR) is 171 cm³/mol. The Hall–Kier alpha value is -4.56. The molecule has 0 atom stereocenters. The Bertz CT molecular complexity index is 1920. The number of allylic oxidation sites excluding steroid dienone is 3. The monoisotopic (exact) mass is 516 g/mol. The molecule has 5 aromatic rings. The first-order valence-corrected chi connectivity index (χ1v) is 14.3. The highest BCUT2D eigenvalue weighted by atomic mass is 15.1. The van der Waals surface area contributed by atoms with E-state index >= 15 is 0 Å². The van der Waals surface area contributed by atoms with Crippen molar-refractivity contribution in [1.29, 1.82) is 0 Å². The number of aryl methyl sites for hydroxylation is 2. The zero-order valence-corrected chi connectivity index (χ0v) is 23.5. The summed E-state index contributed by atoms with van der Waals surface area (Å²) in [5, 5.41) is 2.77. The zero-order chi connectivity index (χ0) is 27.1. The summed E-state index contributed by atoms with van der Waals surface area (Å²) < 4.78 is 0. The van der Waals surface area contributed by atoms with Gasteiger partial charge in [-0.2, -0.15) is 0 Å². The van der Waals surface area contributed by atoms with Crippen LogP contribution in [0.2, 0.25) is 0 Å². The van der Waals surface area contributed by atoms with Gasteiger partial charge in [0.1, 0.15) is 0 Å². The van der Waals surface area contributed by atoms with Crippen molar-refractivity contribution in [2.75, 3.05) is 23.9 Å². The molecule has 0 N–H and O–H groups in total. The molecule has 8 rings (SSSR count). The van der Waals surface area contributed by atoms with Gasteiger partial charge in [0, 0.05) is 53.2 Å². The van der Waals surface area contributed by atoms with Crippen LogP contribution in [0.1, 0.15) is 35.1 Å². The summed E-state index contributed by atoms with van der Waals surface area (Å²) in [7, 11) is 4.46. The van der Waals surface area contributed by atoms with Crippen LogP contribution < -0.4 is 9.80 Å². The van der Waals surface area contributed by atoms with Gasteiger partial charge < -0.3 is 9.80 Å². The van der Waals surface area contributed by atoms with E-state index in [-0.39, 0.29) is 0 Å². The quantitative estimate of drug-likeness (QED) is 0.230. The van der Waals surface area contributed by atoms with Crippen LogP contribution in [-0.4, -0.2) is 14.1 Å². The number of fused-ring (bicyclic) bond motifs is 3. The van der Waals surface area contributed by atoms with Crippen molar-refractivity contribution in [2.24, 2.45) is 0 Å². The molecule has 3 aliphatic rings.